The molecule has 25 heavy (non-hydrogen) atoms. The fourth-order valence-electron chi connectivity index (χ4n) is 2.25. The molecule has 0 saturated carbocycles. The molecule has 3 aromatic rings. The lowest BCUT2D eigenvalue weighted by atomic mass is 10.1. The Morgan fingerprint density at radius 2 is 2.08 bits per heavy atom. The normalized spacial score (nSPS) is 11.8. The summed E-state index contributed by atoms with van der Waals surface area (Å²) in [6.45, 7) is 5.63. The van der Waals surface area contributed by atoms with Crippen LogP contribution in [0.25, 0.3) is 5.82 Å². The number of nitrogens with one attached hydrogen (secondary N) is 1. The van der Waals surface area contributed by atoms with Crippen LogP contribution in [0.1, 0.15) is 18.1 Å². The average Bonchev–Trinajstić information content (AvgIpc) is 3.13. The van der Waals surface area contributed by atoms with Gasteiger partial charge in [-0.05, 0) is 44.0 Å². The van der Waals surface area contributed by atoms with Gasteiger partial charge in [-0.3, -0.25) is 4.79 Å². The standard InChI is InChI=1S/C18H19N5O2/c1-12-5-6-13(2)15(9-12)25-14(3)18(24)22-16-10-17(20-11-19-16)23-8-4-7-21-23/h4-11,14H,1-3H3,(H,19,20,22,24)/t14-/m0/s1. The summed E-state index contributed by atoms with van der Waals surface area (Å²) in [5.74, 6) is 1.37. The van der Waals surface area contributed by atoms with Crippen molar-refractivity contribution in [3.8, 4) is 11.6 Å². The van der Waals surface area contributed by atoms with Crippen LogP contribution < -0.4 is 10.1 Å². The van der Waals surface area contributed by atoms with Gasteiger partial charge in [0, 0.05) is 18.5 Å². The lowest BCUT2D eigenvalue weighted by Gasteiger charge is -2.16. The molecule has 2 heterocycles. The zero-order chi connectivity index (χ0) is 17.8. The maximum atomic E-state index is 12.4. The van der Waals surface area contributed by atoms with Crippen LogP contribution in [-0.2, 0) is 4.79 Å². The highest BCUT2D eigenvalue weighted by Gasteiger charge is 2.17. The van der Waals surface area contributed by atoms with Crippen molar-refractivity contribution in [2.75, 3.05) is 5.32 Å². The van der Waals surface area contributed by atoms with Crippen LogP contribution >= 0.6 is 0 Å². The van der Waals surface area contributed by atoms with E-state index in [1.165, 1.54) is 6.33 Å². The molecule has 1 amide bonds. The first-order valence-electron chi connectivity index (χ1n) is 7.90. The number of carbonyl (C=O) groups is 1. The molecule has 0 spiro atoms. The molecule has 2 aromatic heterocycles. The topological polar surface area (TPSA) is 81.9 Å². The van der Waals surface area contributed by atoms with Crippen molar-refractivity contribution in [3.63, 3.8) is 0 Å². The SMILES string of the molecule is Cc1ccc(C)c(O[C@@H](C)C(=O)Nc2cc(-n3cccn3)ncn2)c1. The van der Waals surface area contributed by atoms with Crippen LogP contribution in [0.2, 0.25) is 0 Å². The molecule has 7 nitrogen and oxygen atoms in total. The molecule has 0 bridgehead atoms. The predicted molar refractivity (Wildman–Crippen MR) is 93.8 cm³/mol. The Hall–Kier alpha value is -3.22. The van der Waals surface area contributed by atoms with Crippen LogP contribution in [0, 0.1) is 13.8 Å². The monoisotopic (exact) mass is 337 g/mol. The van der Waals surface area contributed by atoms with Crippen molar-refractivity contribution in [1.29, 1.82) is 0 Å². The van der Waals surface area contributed by atoms with Crippen LogP contribution in [0.5, 0.6) is 5.75 Å². The summed E-state index contributed by atoms with van der Waals surface area (Å²) in [5.41, 5.74) is 2.06. The largest absolute Gasteiger partial charge is 0.481 e. The van der Waals surface area contributed by atoms with Gasteiger partial charge in [0.15, 0.2) is 11.9 Å². The second-order valence-corrected chi connectivity index (χ2v) is 5.73. The van der Waals surface area contributed by atoms with Crippen molar-refractivity contribution in [2.24, 2.45) is 0 Å². The Kier molecular flexibility index (Phi) is 4.74. The van der Waals surface area contributed by atoms with Gasteiger partial charge in [-0.15, -0.1) is 0 Å². The number of aromatic nitrogens is 4. The van der Waals surface area contributed by atoms with Crippen molar-refractivity contribution in [3.05, 3.63) is 60.2 Å². The van der Waals surface area contributed by atoms with Crippen LogP contribution in [0.4, 0.5) is 5.82 Å². The second kappa shape index (κ2) is 7.12. The summed E-state index contributed by atoms with van der Waals surface area (Å²) >= 11 is 0. The predicted octanol–water partition coefficient (Wildman–Crippen LogP) is 2.69. The Labute approximate surface area is 145 Å². The number of anilines is 1. The smallest absolute Gasteiger partial charge is 0.266 e. The first-order chi connectivity index (χ1) is 12.0. The molecule has 0 fully saturated rings. The summed E-state index contributed by atoms with van der Waals surface area (Å²) in [7, 11) is 0. The fourth-order valence-corrected chi connectivity index (χ4v) is 2.25. The highest BCUT2D eigenvalue weighted by Crippen LogP contribution is 2.20. The lowest BCUT2D eigenvalue weighted by Crippen LogP contribution is -2.30. The first-order valence-corrected chi connectivity index (χ1v) is 7.90. The van der Waals surface area contributed by atoms with E-state index in [9.17, 15) is 4.79 Å². The Morgan fingerprint density at radius 3 is 2.84 bits per heavy atom. The van der Waals surface area contributed by atoms with Crippen LogP contribution in [-0.4, -0.2) is 31.8 Å². The molecule has 7 heteroatoms. The van der Waals surface area contributed by atoms with Crippen LogP contribution in [0.15, 0.2) is 49.1 Å². The summed E-state index contributed by atoms with van der Waals surface area (Å²) < 4.78 is 7.38. The van der Waals surface area contributed by atoms with Crippen molar-refractivity contribution in [2.45, 2.75) is 26.9 Å². The molecule has 1 aromatic carbocycles. The van der Waals surface area contributed by atoms with Crippen molar-refractivity contribution in [1.82, 2.24) is 19.7 Å². The van der Waals surface area contributed by atoms with Gasteiger partial charge < -0.3 is 10.1 Å². The third kappa shape index (κ3) is 4.00. The highest BCUT2D eigenvalue weighted by molar-refractivity contribution is 5.93. The number of aryl methyl sites for hydroxylation is 2. The second-order valence-electron chi connectivity index (χ2n) is 5.73. The van der Waals surface area contributed by atoms with Gasteiger partial charge in [-0.1, -0.05) is 12.1 Å². The Morgan fingerprint density at radius 1 is 1.24 bits per heavy atom. The number of hydrogen-bond donors (Lipinski definition) is 1. The van der Waals surface area contributed by atoms with E-state index in [2.05, 4.69) is 20.4 Å². The fraction of sp³-hybridized carbons (Fsp3) is 0.222. The molecule has 1 N–H and O–H groups in total. The van der Waals surface area contributed by atoms with E-state index >= 15 is 0 Å². The van der Waals surface area contributed by atoms with E-state index in [0.29, 0.717) is 17.4 Å². The number of amides is 1. The molecule has 128 valence electrons. The first kappa shape index (κ1) is 16.6. The summed E-state index contributed by atoms with van der Waals surface area (Å²) in [4.78, 5) is 20.6. The van der Waals surface area contributed by atoms with Crippen molar-refractivity contribution < 1.29 is 9.53 Å². The van der Waals surface area contributed by atoms with E-state index in [0.717, 1.165) is 11.1 Å². The maximum absolute atomic E-state index is 12.4. The number of benzene rings is 1. The molecule has 0 aliphatic carbocycles. The van der Waals surface area contributed by atoms with Gasteiger partial charge in [-0.25, -0.2) is 14.6 Å². The van der Waals surface area contributed by atoms with E-state index in [-0.39, 0.29) is 5.91 Å². The number of nitrogens with zero attached hydrogens (tertiary/aromatic N) is 4. The molecule has 1 atom stereocenters. The molecule has 0 unspecified atom stereocenters. The molecule has 0 aliphatic heterocycles. The van der Waals surface area contributed by atoms with Crippen molar-refractivity contribution >= 4 is 11.7 Å². The van der Waals surface area contributed by atoms with E-state index < -0.39 is 6.10 Å². The number of ether oxygens (including phenoxy) is 1. The zero-order valence-electron chi connectivity index (χ0n) is 14.3. The van der Waals surface area contributed by atoms with E-state index in [4.69, 9.17) is 4.74 Å². The highest BCUT2D eigenvalue weighted by atomic mass is 16.5. The van der Waals surface area contributed by atoms with E-state index in [1.54, 1.807) is 36.1 Å². The number of carbonyl (C=O) groups excluding carboxylic acids is 1. The molecular formula is C18H19N5O2. The summed E-state index contributed by atoms with van der Waals surface area (Å²) in [6, 6.07) is 9.33. The molecule has 3 rings (SSSR count). The molecule has 0 saturated heterocycles. The maximum Gasteiger partial charge on any atom is 0.266 e. The summed E-state index contributed by atoms with van der Waals surface area (Å²) in [5, 5.41) is 6.85. The molecule has 0 radical (unpaired) electrons. The molecular weight excluding hydrogens is 318 g/mol. The minimum Gasteiger partial charge on any atom is -0.481 e. The minimum absolute atomic E-state index is 0.286. The average molecular weight is 337 g/mol. The number of rotatable bonds is 5. The quantitative estimate of drug-likeness (QED) is 0.774. The van der Waals surface area contributed by atoms with Gasteiger partial charge in [-0.2, -0.15) is 5.10 Å². The minimum atomic E-state index is -0.663. The Balaban J connectivity index is 1.69. The number of hydrogen-bond acceptors (Lipinski definition) is 5. The van der Waals surface area contributed by atoms with Crippen LogP contribution in [0.3, 0.4) is 0 Å². The lowest BCUT2D eigenvalue weighted by molar-refractivity contribution is -0.122. The van der Waals surface area contributed by atoms with Gasteiger partial charge in [0.25, 0.3) is 5.91 Å². The molecule has 0 aliphatic rings. The third-order valence-electron chi connectivity index (χ3n) is 3.66. The summed E-state index contributed by atoms with van der Waals surface area (Å²) in [6.07, 6.45) is 4.13. The van der Waals surface area contributed by atoms with Gasteiger partial charge in [0.2, 0.25) is 0 Å². The van der Waals surface area contributed by atoms with Gasteiger partial charge >= 0.3 is 0 Å². The van der Waals surface area contributed by atoms with E-state index in [1.807, 2.05) is 32.0 Å². The van der Waals surface area contributed by atoms with Gasteiger partial charge in [0.05, 0.1) is 0 Å². The van der Waals surface area contributed by atoms with Gasteiger partial charge in [0.1, 0.15) is 17.9 Å². The third-order valence-corrected chi connectivity index (χ3v) is 3.66. The zero-order valence-corrected chi connectivity index (χ0v) is 14.3. The Bertz CT molecular complexity index is 877.